The molecule has 0 saturated heterocycles. The molecule has 0 heterocycles. The lowest BCUT2D eigenvalue weighted by Crippen LogP contribution is -3.04. The molecule has 180 valence electrons. The number of benzene rings is 1. The van der Waals surface area contributed by atoms with Crippen molar-refractivity contribution in [2.45, 2.75) is 103 Å². The van der Waals surface area contributed by atoms with Gasteiger partial charge in [0.15, 0.2) is 0 Å². The van der Waals surface area contributed by atoms with Crippen LogP contribution in [0.5, 0.6) is 0 Å². The van der Waals surface area contributed by atoms with Gasteiger partial charge in [0, 0.05) is 12.0 Å². The van der Waals surface area contributed by atoms with E-state index in [1.807, 2.05) is 0 Å². The number of allylic oxidation sites excluding steroid dienone is 2. The van der Waals surface area contributed by atoms with Crippen molar-refractivity contribution in [2.24, 2.45) is 0 Å². The number of carboxylic acids is 1. The number of carboxylic acid groups (broad SMARTS) is 1. The molecule has 0 aliphatic rings. The van der Waals surface area contributed by atoms with Crippen molar-refractivity contribution in [3.8, 4) is 0 Å². The number of unbranched alkanes of at least 4 members (excludes halogenated alkanes) is 11. The maximum Gasteiger partial charge on any atom is 0.303 e. The molecular weight excluding hydrogens is 406 g/mol. The first kappa shape index (κ1) is 31.9. The third kappa shape index (κ3) is 26.6. The van der Waals surface area contributed by atoms with Gasteiger partial charge in [-0.2, -0.15) is 0 Å². The lowest BCUT2D eigenvalue weighted by Gasteiger charge is -2.05. The Morgan fingerprint density at radius 2 is 1.29 bits per heavy atom. The van der Waals surface area contributed by atoms with Crippen LogP contribution in [0.2, 0.25) is 0 Å². The molecular formula is C27H48ClNO2. The van der Waals surface area contributed by atoms with Crippen LogP contribution in [0.4, 0.5) is 0 Å². The van der Waals surface area contributed by atoms with Gasteiger partial charge < -0.3 is 22.4 Å². The third-order valence-electron chi connectivity index (χ3n) is 5.05. The molecule has 0 aliphatic heterocycles. The summed E-state index contributed by atoms with van der Waals surface area (Å²) in [6, 6.07) is 10.5. The first-order chi connectivity index (χ1) is 14.6. The van der Waals surface area contributed by atoms with Gasteiger partial charge in [0.1, 0.15) is 6.54 Å². The molecule has 0 atom stereocenters. The summed E-state index contributed by atoms with van der Waals surface area (Å²) in [6.07, 6.45) is 21.2. The molecule has 31 heavy (non-hydrogen) atoms. The molecule has 0 radical (unpaired) electrons. The van der Waals surface area contributed by atoms with E-state index in [4.69, 9.17) is 5.11 Å². The van der Waals surface area contributed by atoms with Gasteiger partial charge in [0.2, 0.25) is 0 Å². The summed E-state index contributed by atoms with van der Waals surface area (Å²) >= 11 is 0. The van der Waals surface area contributed by atoms with Crippen LogP contribution >= 0.6 is 0 Å². The fraction of sp³-hybridized carbons (Fsp3) is 0.667. The summed E-state index contributed by atoms with van der Waals surface area (Å²) in [4.78, 5) is 11.8. The number of quaternary nitrogens is 1. The van der Waals surface area contributed by atoms with E-state index in [-0.39, 0.29) is 12.4 Å². The first-order valence-corrected chi connectivity index (χ1v) is 12.3. The van der Waals surface area contributed by atoms with Gasteiger partial charge >= 0.3 is 5.97 Å². The molecule has 0 aromatic heterocycles. The number of hydrogen-bond donors (Lipinski definition) is 2. The lowest BCUT2D eigenvalue weighted by molar-refractivity contribution is -0.872. The summed E-state index contributed by atoms with van der Waals surface area (Å²) in [5, 5.41) is 8.51. The van der Waals surface area contributed by atoms with E-state index in [0.29, 0.717) is 6.42 Å². The Morgan fingerprint density at radius 1 is 0.806 bits per heavy atom. The summed E-state index contributed by atoms with van der Waals surface area (Å²) in [7, 11) is 4.32. The minimum atomic E-state index is -0.664. The minimum Gasteiger partial charge on any atom is -1.00 e. The van der Waals surface area contributed by atoms with Crippen molar-refractivity contribution in [3.05, 3.63) is 48.0 Å². The zero-order valence-corrected chi connectivity index (χ0v) is 21.1. The van der Waals surface area contributed by atoms with Gasteiger partial charge in [-0.15, -0.1) is 0 Å². The van der Waals surface area contributed by atoms with Crippen LogP contribution < -0.4 is 17.3 Å². The molecule has 1 aromatic rings. The fourth-order valence-electron chi connectivity index (χ4n) is 3.35. The van der Waals surface area contributed by atoms with Crippen LogP contribution in [0, 0.1) is 0 Å². The van der Waals surface area contributed by atoms with Gasteiger partial charge in [-0.1, -0.05) is 101 Å². The normalized spacial score (nSPS) is 10.6. The molecule has 0 spiro atoms. The zero-order chi connectivity index (χ0) is 22.3. The second kappa shape index (κ2) is 24.9. The zero-order valence-electron chi connectivity index (χ0n) is 20.4. The maximum atomic E-state index is 10.3. The standard InChI is InChI=1S/C18H34O2.C9H13N.ClH/c1-2-3-4-5-6-7-8-9-10-11-12-13-14-15-16-17-18(19)20;1-10(2)8-9-6-4-3-5-7-9;/h9-10H,2-8,11-17H2,1H3,(H,19,20);3-7H,8H2,1-2H3;1H/b10-9-;;. The summed E-state index contributed by atoms with van der Waals surface area (Å²) in [5.74, 6) is -0.664. The highest BCUT2D eigenvalue weighted by atomic mass is 35.5. The Bertz CT molecular complexity index is 517. The fourth-order valence-corrected chi connectivity index (χ4v) is 3.35. The molecule has 0 fully saturated rings. The Labute approximate surface area is 198 Å². The minimum absolute atomic E-state index is 0. The summed E-state index contributed by atoms with van der Waals surface area (Å²) < 4.78 is 0. The van der Waals surface area contributed by atoms with Gasteiger partial charge in [0.05, 0.1) is 14.1 Å². The monoisotopic (exact) mass is 453 g/mol. The van der Waals surface area contributed by atoms with Gasteiger partial charge in [-0.3, -0.25) is 4.79 Å². The van der Waals surface area contributed by atoms with E-state index in [1.54, 1.807) is 0 Å². The van der Waals surface area contributed by atoms with E-state index in [0.717, 1.165) is 19.4 Å². The van der Waals surface area contributed by atoms with Gasteiger partial charge in [0.25, 0.3) is 0 Å². The van der Waals surface area contributed by atoms with Crippen molar-refractivity contribution in [1.29, 1.82) is 0 Å². The maximum absolute atomic E-state index is 10.3. The topological polar surface area (TPSA) is 41.7 Å². The SMILES string of the molecule is CCCCCCCC/C=C\CCCCCCCC(=O)O.C[NH+](C)Cc1ccccc1.[Cl-]. The average Bonchev–Trinajstić information content (AvgIpc) is 2.71. The molecule has 2 N–H and O–H groups in total. The number of rotatable bonds is 17. The Hall–Kier alpha value is -1.32. The van der Waals surface area contributed by atoms with Crippen molar-refractivity contribution in [3.63, 3.8) is 0 Å². The summed E-state index contributed by atoms with van der Waals surface area (Å²) in [6.45, 7) is 3.37. The average molecular weight is 454 g/mol. The highest BCUT2D eigenvalue weighted by molar-refractivity contribution is 5.66. The lowest BCUT2D eigenvalue weighted by atomic mass is 10.1. The van der Waals surface area contributed by atoms with Crippen LogP contribution in [-0.4, -0.2) is 25.2 Å². The molecule has 0 aliphatic carbocycles. The van der Waals surface area contributed by atoms with E-state index >= 15 is 0 Å². The molecule has 0 unspecified atom stereocenters. The van der Waals surface area contributed by atoms with Gasteiger partial charge in [-0.25, -0.2) is 0 Å². The van der Waals surface area contributed by atoms with Crippen LogP contribution in [-0.2, 0) is 11.3 Å². The second-order valence-electron chi connectivity index (χ2n) is 8.60. The van der Waals surface area contributed by atoms with Crippen molar-refractivity contribution >= 4 is 5.97 Å². The molecule has 0 bridgehead atoms. The molecule has 1 aromatic carbocycles. The highest BCUT2D eigenvalue weighted by Gasteiger charge is 1.96. The van der Waals surface area contributed by atoms with Crippen LogP contribution in [0.1, 0.15) is 102 Å². The molecule has 3 nitrogen and oxygen atoms in total. The predicted molar refractivity (Wildman–Crippen MR) is 130 cm³/mol. The van der Waals surface area contributed by atoms with Crippen molar-refractivity contribution < 1.29 is 27.2 Å². The van der Waals surface area contributed by atoms with Crippen LogP contribution in [0.3, 0.4) is 0 Å². The number of carbonyl (C=O) groups is 1. The van der Waals surface area contributed by atoms with Gasteiger partial charge in [-0.05, 0) is 32.1 Å². The highest BCUT2D eigenvalue weighted by Crippen LogP contribution is 2.09. The smallest absolute Gasteiger partial charge is 0.303 e. The Morgan fingerprint density at radius 3 is 1.77 bits per heavy atom. The van der Waals surface area contributed by atoms with E-state index in [1.165, 1.54) is 81.1 Å². The van der Waals surface area contributed by atoms with Crippen LogP contribution in [0.15, 0.2) is 42.5 Å². The van der Waals surface area contributed by atoms with Crippen molar-refractivity contribution in [1.82, 2.24) is 0 Å². The second-order valence-corrected chi connectivity index (χ2v) is 8.60. The van der Waals surface area contributed by atoms with Crippen molar-refractivity contribution in [2.75, 3.05) is 14.1 Å². The number of hydrogen-bond acceptors (Lipinski definition) is 1. The number of halogens is 1. The molecule has 1 rings (SSSR count). The number of aliphatic carboxylic acids is 1. The number of nitrogens with one attached hydrogen (secondary N) is 1. The molecule has 0 saturated carbocycles. The Balaban J connectivity index is 0. The summed E-state index contributed by atoms with van der Waals surface area (Å²) in [5.41, 5.74) is 1.41. The van der Waals surface area contributed by atoms with E-state index in [9.17, 15) is 4.79 Å². The third-order valence-corrected chi connectivity index (χ3v) is 5.05. The molecule has 0 amide bonds. The Kier molecular flexibility index (Phi) is 25.6. The largest absolute Gasteiger partial charge is 1.00 e. The van der Waals surface area contributed by atoms with E-state index < -0.39 is 5.97 Å². The first-order valence-electron chi connectivity index (χ1n) is 12.3. The van der Waals surface area contributed by atoms with E-state index in [2.05, 4.69) is 63.5 Å². The predicted octanol–water partition coefficient (Wildman–Crippen LogP) is 3.44. The van der Waals surface area contributed by atoms with Crippen LogP contribution in [0.25, 0.3) is 0 Å². The molecule has 4 heteroatoms. The quantitative estimate of drug-likeness (QED) is 0.280.